The molecular formula is C23H25NO5. The molecule has 0 radical (unpaired) electrons. The van der Waals surface area contributed by atoms with Gasteiger partial charge in [-0.15, -0.1) is 0 Å². The molecule has 6 heteroatoms. The van der Waals surface area contributed by atoms with Crippen molar-refractivity contribution < 1.29 is 20.2 Å². The van der Waals surface area contributed by atoms with E-state index in [1.807, 2.05) is 13.0 Å². The lowest BCUT2D eigenvalue weighted by atomic mass is 10.0. The number of hydrogen-bond acceptors (Lipinski definition) is 5. The number of allylic oxidation sites excluding steroid dienone is 6. The molecule has 0 spiro atoms. The molecule has 1 heterocycles. The topological polar surface area (TPSA) is 99.8 Å². The smallest absolute Gasteiger partial charge is 0.297 e. The van der Waals surface area contributed by atoms with Crippen molar-refractivity contribution in [2.45, 2.75) is 27.2 Å². The van der Waals surface area contributed by atoms with Gasteiger partial charge in [-0.05, 0) is 36.6 Å². The van der Waals surface area contributed by atoms with Gasteiger partial charge in [-0.3, -0.25) is 9.59 Å². The molecule has 3 N–H and O–H groups in total. The molecule has 152 valence electrons. The van der Waals surface area contributed by atoms with Crippen LogP contribution in [0, 0.1) is 5.92 Å². The van der Waals surface area contributed by atoms with Crippen LogP contribution in [-0.4, -0.2) is 25.9 Å². The molecule has 1 aromatic carbocycles. The third-order valence-electron chi connectivity index (χ3n) is 4.50. The number of aromatic nitrogens is 1. The number of hydrogen-bond donors (Lipinski definition) is 3. The van der Waals surface area contributed by atoms with Crippen molar-refractivity contribution in [3.05, 3.63) is 82.3 Å². The van der Waals surface area contributed by atoms with E-state index in [1.54, 1.807) is 6.08 Å². The van der Waals surface area contributed by atoms with Crippen molar-refractivity contribution in [1.82, 2.24) is 4.73 Å². The van der Waals surface area contributed by atoms with E-state index in [0.717, 1.165) is 24.3 Å². The molecule has 0 unspecified atom stereocenters. The predicted octanol–water partition coefficient (Wildman–Crippen LogP) is 4.45. The number of nitrogens with zero attached hydrogens (tertiary/aromatic N) is 1. The minimum atomic E-state index is -1.02. The Kier molecular flexibility index (Phi) is 7.20. The zero-order valence-corrected chi connectivity index (χ0v) is 16.7. The lowest BCUT2D eigenvalue weighted by Gasteiger charge is -2.10. The number of carbonyl (C=O) groups excluding carboxylic acids is 1. The van der Waals surface area contributed by atoms with Crippen molar-refractivity contribution in [2.24, 2.45) is 5.92 Å². The summed E-state index contributed by atoms with van der Waals surface area (Å²) in [6.07, 6.45) is 10.3. The summed E-state index contributed by atoms with van der Waals surface area (Å²) in [7, 11) is 0. The van der Waals surface area contributed by atoms with Gasteiger partial charge in [0, 0.05) is 5.56 Å². The molecule has 29 heavy (non-hydrogen) atoms. The molecule has 0 aliphatic heterocycles. The van der Waals surface area contributed by atoms with E-state index in [0.29, 0.717) is 11.5 Å². The quantitative estimate of drug-likeness (QED) is 0.278. The van der Waals surface area contributed by atoms with E-state index in [4.69, 9.17) is 0 Å². The number of rotatable bonds is 7. The monoisotopic (exact) mass is 395 g/mol. The molecular weight excluding hydrogens is 370 g/mol. The number of aromatic hydroxyl groups is 2. The molecule has 6 nitrogen and oxygen atoms in total. The lowest BCUT2D eigenvalue weighted by Crippen LogP contribution is -2.24. The minimum absolute atomic E-state index is 0.0225. The lowest BCUT2D eigenvalue weighted by molar-refractivity contribution is 0.103. The highest BCUT2D eigenvalue weighted by Crippen LogP contribution is 2.31. The van der Waals surface area contributed by atoms with Crippen LogP contribution in [0.15, 0.2) is 71.2 Å². The van der Waals surface area contributed by atoms with Gasteiger partial charge in [0.1, 0.15) is 17.1 Å². The fourth-order valence-electron chi connectivity index (χ4n) is 2.72. The average molecular weight is 395 g/mol. The van der Waals surface area contributed by atoms with Crippen molar-refractivity contribution in [3.63, 3.8) is 0 Å². The van der Waals surface area contributed by atoms with Gasteiger partial charge in [-0.2, -0.15) is 4.73 Å². The number of ketones is 1. The summed E-state index contributed by atoms with van der Waals surface area (Å²) in [6, 6.07) is 5.77. The van der Waals surface area contributed by atoms with E-state index in [2.05, 4.69) is 19.9 Å². The van der Waals surface area contributed by atoms with Gasteiger partial charge in [0.25, 0.3) is 5.56 Å². The van der Waals surface area contributed by atoms with Gasteiger partial charge < -0.3 is 15.4 Å². The number of benzene rings is 1. The molecule has 0 saturated heterocycles. The third-order valence-corrected chi connectivity index (χ3v) is 4.50. The molecule has 2 rings (SSSR count). The Labute approximate surface area is 169 Å². The summed E-state index contributed by atoms with van der Waals surface area (Å²) < 4.78 is 0.262. The average Bonchev–Trinajstić information content (AvgIpc) is 2.69. The van der Waals surface area contributed by atoms with Gasteiger partial charge in [-0.1, -0.05) is 62.3 Å². The van der Waals surface area contributed by atoms with E-state index < -0.39 is 22.7 Å². The summed E-state index contributed by atoms with van der Waals surface area (Å²) in [5, 5.41) is 29.8. The third kappa shape index (κ3) is 5.48. The first-order valence-corrected chi connectivity index (χ1v) is 9.29. The summed E-state index contributed by atoms with van der Waals surface area (Å²) in [5.41, 5.74) is 0.0102. The second-order valence-corrected chi connectivity index (χ2v) is 6.84. The molecule has 0 bridgehead atoms. The van der Waals surface area contributed by atoms with Gasteiger partial charge in [0.2, 0.25) is 0 Å². The number of phenolic OH excluding ortho intramolecular Hbond substituents is 1. The van der Waals surface area contributed by atoms with Crippen LogP contribution in [0.4, 0.5) is 0 Å². The van der Waals surface area contributed by atoms with Gasteiger partial charge in [0.15, 0.2) is 5.78 Å². The van der Waals surface area contributed by atoms with Crippen LogP contribution < -0.4 is 5.56 Å². The van der Waals surface area contributed by atoms with E-state index >= 15 is 0 Å². The van der Waals surface area contributed by atoms with Gasteiger partial charge in [0.05, 0.1) is 6.20 Å². The standard InChI is InChI=1S/C23H25NO5/c1-4-15(2)13-16(3)7-5-6-8-20(26)21-22(27)19(14-24(29)23(21)28)17-9-11-18(25)12-10-17/h5-15,25,27,29H,4H2,1-3H3/b7-5+,8-6+,16-13+/t15-/m1/s1. The number of pyridine rings is 1. The van der Waals surface area contributed by atoms with Crippen LogP contribution in [0.3, 0.4) is 0 Å². The fourth-order valence-corrected chi connectivity index (χ4v) is 2.72. The largest absolute Gasteiger partial charge is 0.508 e. The van der Waals surface area contributed by atoms with E-state index in [9.17, 15) is 25.0 Å². The highest BCUT2D eigenvalue weighted by molar-refractivity contribution is 6.07. The van der Waals surface area contributed by atoms with Crippen LogP contribution in [-0.2, 0) is 0 Å². The molecule has 0 fully saturated rings. The summed E-state index contributed by atoms with van der Waals surface area (Å²) in [5.74, 6) is -0.788. The first-order chi connectivity index (χ1) is 13.7. The highest BCUT2D eigenvalue weighted by atomic mass is 16.5. The Morgan fingerprint density at radius 1 is 1.14 bits per heavy atom. The van der Waals surface area contributed by atoms with E-state index in [1.165, 1.54) is 30.3 Å². The fraction of sp³-hybridized carbons (Fsp3) is 0.217. The maximum absolute atomic E-state index is 12.5. The maximum Gasteiger partial charge on any atom is 0.297 e. The highest BCUT2D eigenvalue weighted by Gasteiger charge is 2.20. The van der Waals surface area contributed by atoms with Crippen molar-refractivity contribution >= 4 is 5.78 Å². The molecule has 0 aliphatic carbocycles. The predicted molar refractivity (Wildman–Crippen MR) is 112 cm³/mol. The van der Waals surface area contributed by atoms with Crippen LogP contribution >= 0.6 is 0 Å². The first kappa shape index (κ1) is 21.8. The van der Waals surface area contributed by atoms with Crippen LogP contribution in [0.2, 0.25) is 0 Å². The molecule has 1 aromatic heterocycles. The summed E-state index contributed by atoms with van der Waals surface area (Å²) in [6.45, 7) is 6.17. The van der Waals surface area contributed by atoms with Crippen molar-refractivity contribution in [1.29, 1.82) is 0 Å². The van der Waals surface area contributed by atoms with Crippen molar-refractivity contribution in [3.8, 4) is 22.6 Å². The maximum atomic E-state index is 12.5. The van der Waals surface area contributed by atoms with Crippen LogP contribution in [0.25, 0.3) is 11.1 Å². The summed E-state index contributed by atoms with van der Waals surface area (Å²) >= 11 is 0. The summed E-state index contributed by atoms with van der Waals surface area (Å²) in [4.78, 5) is 24.7. The Morgan fingerprint density at radius 2 is 1.76 bits per heavy atom. The Hall–Kier alpha value is -3.54. The van der Waals surface area contributed by atoms with Gasteiger partial charge in [-0.25, -0.2) is 0 Å². The second kappa shape index (κ2) is 9.59. The Balaban J connectivity index is 2.34. The van der Waals surface area contributed by atoms with Crippen molar-refractivity contribution in [2.75, 3.05) is 0 Å². The van der Waals surface area contributed by atoms with Crippen LogP contribution in [0.5, 0.6) is 11.5 Å². The van der Waals surface area contributed by atoms with Crippen LogP contribution in [0.1, 0.15) is 37.6 Å². The number of phenols is 1. The zero-order valence-electron chi connectivity index (χ0n) is 16.7. The Morgan fingerprint density at radius 3 is 2.38 bits per heavy atom. The molecule has 1 atom stereocenters. The molecule has 2 aromatic rings. The SMILES string of the molecule is CC[C@@H](C)/C=C(C)/C=C/C=C/C(=O)c1c(O)c(-c2ccc(O)cc2)cn(O)c1=O. The first-order valence-electron chi connectivity index (χ1n) is 9.29. The normalized spacial score (nSPS) is 13.3. The second-order valence-electron chi connectivity index (χ2n) is 6.84. The number of carbonyl (C=O) groups is 1. The molecule has 0 aliphatic rings. The minimum Gasteiger partial charge on any atom is -0.508 e. The Bertz CT molecular complexity index is 1030. The zero-order chi connectivity index (χ0) is 21.6. The van der Waals surface area contributed by atoms with Gasteiger partial charge >= 0.3 is 0 Å². The molecule has 0 saturated carbocycles. The van der Waals surface area contributed by atoms with E-state index in [-0.39, 0.29) is 16.0 Å². The molecule has 0 amide bonds.